The van der Waals surface area contributed by atoms with Crippen LogP contribution in [0.15, 0.2) is 0 Å². The van der Waals surface area contributed by atoms with Crippen LogP contribution in [-0.2, 0) is 4.74 Å². The molecule has 0 saturated carbocycles. The van der Waals surface area contributed by atoms with Crippen LogP contribution in [0.1, 0.15) is 40.0 Å². The fraction of sp³-hybridized carbons (Fsp3) is 1.00. The molecule has 3 atom stereocenters. The van der Waals surface area contributed by atoms with E-state index < -0.39 is 0 Å². The molecule has 0 amide bonds. The van der Waals surface area contributed by atoms with Gasteiger partial charge in [0.25, 0.3) is 0 Å². The summed E-state index contributed by atoms with van der Waals surface area (Å²) in [5.41, 5.74) is 0.516. The largest absolute Gasteiger partial charge is 0.373 e. The average molecular weight is 309 g/mol. The number of ether oxygens (including phenoxy) is 1. The molecule has 0 aliphatic carbocycles. The van der Waals surface area contributed by atoms with Crippen LogP contribution in [0.2, 0.25) is 0 Å². The van der Waals surface area contributed by atoms with Crippen molar-refractivity contribution < 1.29 is 4.74 Å². The predicted octanol–water partition coefficient (Wildman–Crippen LogP) is 1.81. The summed E-state index contributed by atoms with van der Waals surface area (Å²) in [4.78, 5) is 5.36. The molecule has 3 fully saturated rings. The van der Waals surface area contributed by atoms with Crippen molar-refractivity contribution in [2.24, 2.45) is 11.3 Å². The number of morpholine rings is 1. The van der Waals surface area contributed by atoms with Crippen molar-refractivity contribution in [1.29, 1.82) is 0 Å². The van der Waals surface area contributed by atoms with Crippen molar-refractivity contribution in [3.8, 4) is 0 Å². The standard InChI is InChI=1S/C18H35N3O/c1-15-10-21(11-16(2)22-15)12-17-4-8-20(9-5-17)14-18(3)6-7-19-13-18/h15-17,19H,4-14H2,1-3H3. The summed E-state index contributed by atoms with van der Waals surface area (Å²) in [5, 5.41) is 3.53. The van der Waals surface area contributed by atoms with Crippen LogP contribution in [-0.4, -0.2) is 74.4 Å². The molecule has 3 unspecified atom stereocenters. The first-order chi connectivity index (χ1) is 10.5. The van der Waals surface area contributed by atoms with Gasteiger partial charge in [0, 0.05) is 32.7 Å². The van der Waals surface area contributed by atoms with Crippen LogP contribution in [0, 0.1) is 11.3 Å². The maximum Gasteiger partial charge on any atom is 0.0678 e. The van der Waals surface area contributed by atoms with Crippen LogP contribution in [0.5, 0.6) is 0 Å². The fourth-order valence-electron chi connectivity index (χ4n) is 4.67. The minimum absolute atomic E-state index is 0.402. The third kappa shape index (κ3) is 4.44. The lowest BCUT2D eigenvalue weighted by molar-refractivity contribution is -0.0733. The fourth-order valence-corrected chi connectivity index (χ4v) is 4.67. The van der Waals surface area contributed by atoms with Crippen molar-refractivity contribution >= 4 is 0 Å². The van der Waals surface area contributed by atoms with Gasteiger partial charge in [0.1, 0.15) is 0 Å². The van der Waals surface area contributed by atoms with Gasteiger partial charge in [-0.05, 0) is 64.1 Å². The first-order valence-corrected chi connectivity index (χ1v) is 9.33. The lowest BCUT2D eigenvalue weighted by Gasteiger charge is -2.41. The van der Waals surface area contributed by atoms with Gasteiger partial charge in [0.2, 0.25) is 0 Å². The molecule has 0 aromatic rings. The smallest absolute Gasteiger partial charge is 0.0678 e. The van der Waals surface area contributed by atoms with Gasteiger partial charge in [-0.15, -0.1) is 0 Å². The highest BCUT2D eigenvalue weighted by Crippen LogP contribution is 2.28. The molecule has 3 heterocycles. The van der Waals surface area contributed by atoms with E-state index in [0.29, 0.717) is 17.6 Å². The van der Waals surface area contributed by atoms with Gasteiger partial charge < -0.3 is 15.0 Å². The summed E-state index contributed by atoms with van der Waals surface area (Å²) in [7, 11) is 0. The molecule has 4 heteroatoms. The van der Waals surface area contributed by atoms with E-state index in [9.17, 15) is 0 Å². The molecular formula is C18H35N3O. The van der Waals surface area contributed by atoms with Crippen LogP contribution in [0.3, 0.4) is 0 Å². The van der Waals surface area contributed by atoms with Gasteiger partial charge in [0.15, 0.2) is 0 Å². The molecule has 4 nitrogen and oxygen atoms in total. The van der Waals surface area contributed by atoms with Gasteiger partial charge in [-0.25, -0.2) is 0 Å². The Morgan fingerprint density at radius 1 is 1.09 bits per heavy atom. The SMILES string of the molecule is CC1CN(CC2CCN(CC3(C)CCNC3)CC2)CC(C)O1. The van der Waals surface area contributed by atoms with E-state index in [1.165, 1.54) is 58.5 Å². The monoisotopic (exact) mass is 309 g/mol. The number of rotatable bonds is 4. The predicted molar refractivity (Wildman–Crippen MR) is 91.2 cm³/mol. The molecular weight excluding hydrogens is 274 g/mol. The molecule has 0 radical (unpaired) electrons. The molecule has 3 rings (SSSR count). The Morgan fingerprint density at radius 2 is 1.77 bits per heavy atom. The Kier molecular flexibility index (Phi) is 5.43. The quantitative estimate of drug-likeness (QED) is 0.857. The maximum absolute atomic E-state index is 5.85. The van der Waals surface area contributed by atoms with Crippen molar-refractivity contribution in [3.63, 3.8) is 0 Å². The average Bonchev–Trinajstić information content (AvgIpc) is 2.86. The Morgan fingerprint density at radius 3 is 2.36 bits per heavy atom. The first kappa shape index (κ1) is 16.7. The zero-order chi connectivity index (χ0) is 15.6. The van der Waals surface area contributed by atoms with Crippen molar-refractivity contribution in [2.75, 3.05) is 52.4 Å². The highest BCUT2D eigenvalue weighted by atomic mass is 16.5. The molecule has 1 N–H and O–H groups in total. The lowest BCUT2D eigenvalue weighted by Crippen LogP contribution is -2.49. The van der Waals surface area contributed by atoms with Crippen molar-refractivity contribution in [3.05, 3.63) is 0 Å². The number of hydrogen-bond acceptors (Lipinski definition) is 4. The zero-order valence-electron chi connectivity index (χ0n) is 14.8. The molecule has 0 aromatic heterocycles. The molecule has 0 spiro atoms. The summed E-state index contributed by atoms with van der Waals surface area (Å²) in [6.45, 7) is 16.7. The second kappa shape index (κ2) is 7.16. The molecule has 3 aliphatic heterocycles. The highest BCUT2D eigenvalue weighted by molar-refractivity contribution is 4.88. The minimum atomic E-state index is 0.402. The van der Waals surface area contributed by atoms with E-state index in [-0.39, 0.29) is 0 Å². The third-order valence-corrected chi connectivity index (χ3v) is 5.78. The number of likely N-dealkylation sites (tertiary alicyclic amines) is 1. The van der Waals surface area contributed by atoms with Crippen molar-refractivity contribution in [1.82, 2.24) is 15.1 Å². The van der Waals surface area contributed by atoms with Crippen LogP contribution >= 0.6 is 0 Å². The Balaban J connectivity index is 1.40. The number of hydrogen-bond donors (Lipinski definition) is 1. The topological polar surface area (TPSA) is 27.7 Å². The molecule has 22 heavy (non-hydrogen) atoms. The molecule has 0 aromatic carbocycles. The van der Waals surface area contributed by atoms with E-state index in [2.05, 4.69) is 35.9 Å². The second-order valence-corrected chi connectivity index (χ2v) is 8.43. The van der Waals surface area contributed by atoms with Crippen LogP contribution < -0.4 is 5.32 Å². The first-order valence-electron chi connectivity index (χ1n) is 9.33. The van der Waals surface area contributed by atoms with Gasteiger partial charge >= 0.3 is 0 Å². The van der Waals surface area contributed by atoms with Crippen LogP contribution in [0.4, 0.5) is 0 Å². The van der Waals surface area contributed by atoms with Gasteiger partial charge in [0.05, 0.1) is 12.2 Å². The minimum Gasteiger partial charge on any atom is -0.373 e. The lowest BCUT2D eigenvalue weighted by atomic mass is 9.87. The number of piperidine rings is 1. The molecule has 128 valence electrons. The Hall–Kier alpha value is -0.160. The summed E-state index contributed by atoms with van der Waals surface area (Å²) >= 11 is 0. The van der Waals surface area contributed by atoms with E-state index in [0.717, 1.165) is 19.0 Å². The Bertz CT molecular complexity index is 338. The van der Waals surface area contributed by atoms with Gasteiger partial charge in [-0.2, -0.15) is 0 Å². The van der Waals surface area contributed by atoms with Crippen LogP contribution in [0.25, 0.3) is 0 Å². The van der Waals surface area contributed by atoms with E-state index >= 15 is 0 Å². The van der Waals surface area contributed by atoms with Gasteiger partial charge in [-0.1, -0.05) is 6.92 Å². The summed E-state index contributed by atoms with van der Waals surface area (Å²) in [6.07, 6.45) is 4.90. The summed E-state index contributed by atoms with van der Waals surface area (Å²) < 4.78 is 5.85. The van der Waals surface area contributed by atoms with Gasteiger partial charge in [-0.3, -0.25) is 4.90 Å². The molecule has 3 saturated heterocycles. The second-order valence-electron chi connectivity index (χ2n) is 8.43. The van der Waals surface area contributed by atoms with E-state index in [4.69, 9.17) is 4.74 Å². The van der Waals surface area contributed by atoms with Crippen molar-refractivity contribution in [2.45, 2.75) is 52.2 Å². The maximum atomic E-state index is 5.85. The number of nitrogens with zero attached hydrogens (tertiary/aromatic N) is 2. The highest BCUT2D eigenvalue weighted by Gasteiger charge is 2.32. The molecule has 3 aliphatic rings. The normalized spacial score (nSPS) is 39.4. The Labute approximate surface area is 136 Å². The summed E-state index contributed by atoms with van der Waals surface area (Å²) in [6, 6.07) is 0. The third-order valence-electron chi connectivity index (χ3n) is 5.78. The zero-order valence-corrected chi connectivity index (χ0v) is 14.8. The summed E-state index contributed by atoms with van der Waals surface area (Å²) in [5.74, 6) is 0.892. The molecule has 0 bridgehead atoms. The number of nitrogens with one attached hydrogen (secondary N) is 1. The van der Waals surface area contributed by atoms with E-state index in [1.807, 2.05) is 0 Å². The van der Waals surface area contributed by atoms with E-state index in [1.54, 1.807) is 0 Å².